The van der Waals surface area contributed by atoms with Gasteiger partial charge < -0.3 is 33.9 Å². The largest absolute Gasteiger partial charge is 0.872 e. The molecule has 1 heterocycles. The zero-order valence-corrected chi connectivity index (χ0v) is 24.3. The molecule has 1 aliphatic heterocycles. The second kappa shape index (κ2) is 13.5. The number of methoxy groups -OCH3 is 3. The number of benzene rings is 2. The number of nitrogens with zero attached hydrogens (tertiary/aromatic N) is 1. The lowest BCUT2D eigenvalue weighted by atomic mass is 9.94. The van der Waals surface area contributed by atoms with Crippen LogP contribution >= 0.6 is 0 Å². The number of quaternary nitrogens is 1. The van der Waals surface area contributed by atoms with Crippen LogP contribution in [-0.4, -0.2) is 70.2 Å². The molecule has 1 aliphatic rings. The summed E-state index contributed by atoms with van der Waals surface area (Å²) in [6, 6.07) is 5.99. The number of likely N-dealkylation sites (tertiary alicyclic amines) is 1. The summed E-state index contributed by atoms with van der Waals surface area (Å²) in [5.41, 5.74) is 0.121. The summed E-state index contributed by atoms with van der Waals surface area (Å²) in [5.74, 6) is -2.22. The van der Waals surface area contributed by atoms with Crippen molar-refractivity contribution in [2.24, 2.45) is 0 Å². The lowest BCUT2D eigenvalue weighted by Gasteiger charge is -2.29. The molecule has 218 valence electrons. The standard InChI is InChI=1S/C30H39FN2O7/c1-8-32(9-2)13-10-14-33-26(20-16-23(37-5)29(39-7)24(17-20)38-6)25(28(35)30(33)36)27(34)19-11-12-22(21(31)15-19)40-18(3)4/h11-12,15-18,26,34H,8-10,13-14H2,1-7H3. The number of nitrogens with one attached hydrogen (secondary N) is 1. The van der Waals surface area contributed by atoms with Gasteiger partial charge >= 0.3 is 0 Å². The molecular weight excluding hydrogens is 519 g/mol. The van der Waals surface area contributed by atoms with Crippen LogP contribution in [-0.2, 0) is 9.59 Å². The number of ketones is 1. The minimum absolute atomic E-state index is 0.00733. The van der Waals surface area contributed by atoms with Crippen LogP contribution in [0.15, 0.2) is 35.9 Å². The fourth-order valence-electron chi connectivity index (χ4n) is 4.96. The first kappa shape index (κ1) is 30.7. The van der Waals surface area contributed by atoms with Crippen LogP contribution in [0.1, 0.15) is 51.3 Å². The Balaban J connectivity index is 2.17. The van der Waals surface area contributed by atoms with Crippen LogP contribution in [0, 0.1) is 5.82 Å². The first-order valence-electron chi connectivity index (χ1n) is 13.5. The SMILES string of the molecule is CC[NH+](CC)CCCN1C(=O)C(=O)C(=C([O-])c2ccc(OC(C)C)c(F)c2)C1c1cc(OC)c(OC)c(OC)c1. The van der Waals surface area contributed by atoms with E-state index in [0.29, 0.717) is 29.2 Å². The van der Waals surface area contributed by atoms with E-state index in [2.05, 4.69) is 13.8 Å². The van der Waals surface area contributed by atoms with Crippen molar-refractivity contribution in [3.05, 3.63) is 52.8 Å². The molecule has 10 heteroatoms. The van der Waals surface area contributed by atoms with E-state index in [0.717, 1.165) is 25.7 Å². The van der Waals surface area contributed by atoms with E-state index in [4.69, 9.17) is 18.9 Å². The second-order valence-corrected chi connectivity index (χ2v) is 9.80. The number of carbonyl (C=O) groups excluding carboxylic acids is 2. The van der Waals surface area contributed by atoms with Crippen LogP contribution in [0.5, 0.6) is 23.0 Å². The average Bonchev–Trinajstić information content (AvgIpc) is 3.19. The summed E-state index contributed by atoms with van der Waals surface area (Å²) < 4.78 is 36.7. The van der Waals surface area contributed by atoms with Gasteiger partial charge in [0.15, 0.2) is 23.1 Å². The van der Waals surface area contributed by atoms with Gasteiger partial charge in [0.1, 0.15) is 0 Å². The van der Waals surface area contributed by atoms with Crippen molar-refractivity contribution in [2.45, 2.75) is 46.3 Å². The molecule has 0 radical (unpaired) electrons. The van der Waals surface area contributed by atoms with Crippen molar-refractivity contribution in [1.82, 2.24) is 4.90 Å². The lowest BCUT2D eigenvalue weighted by molar-refractivity contribution is -0.896. The molecule has 0 bridgehead atoms. The Morgan fingerprint density at radius 1 is 1.00 bits per heavy atom. The molecule has 3 rings (SSSR count). The smallest absolute Gasteiger partial charge is 0.295 e. The first-order chi connectivity index (χ1) is 19.1. The molecule has 2 aromatic rings. The van der Waals surface area contributed by atoms with Crippen LogP contribution in [0.3, 0.4) is 0 Å². The maximum absolute atomic E-state index is 14.8. The van der Waals surface area contributed by atoms with Crippen LogP contribution in [0.4, 0.5) is 4.39 Å². The summed E-state index contributed by atoms with van der Waals surface area (Å²) in [6.45, 7) is 10.6. The second-order valence-electron chi connectivity index (χ2n) is 9.80. The monoisotopic (exact) mass is 558 g/mol. The Morgan fingerprint density at radius 2 is 1.62 bits per heavy atom. The summed E-state index contributed by atoms with van der Waals surface area (Å²) in [7, 11) is 4.37. The Bertz CT molecular complexity index is 1230. The maximum atomic E-state index is 14.8. The van der Waals surface area contributed by atoms with Gasteiger partial charge in [-0.15, -0.1) is 0 Å². The predicted molar refractivity (Wildman–Crippen MR) is 146 cm³/mol. The Kier molecular flexibility index (Phi) is 10.4. The fourth-order valence-corrected chi connectivity index (χ4v) is 4.96. The third-order valence-electron chi connectivity index (χ3n) is 7.02. The zero-order chi connectivity index (χ0) is 29.6. The molecule has 1 amide bonds. The molecule has 2 aromatic carbocycles. The van der Waals surface area contributed by atoms with Gasteiger partial charge in [-0.1, -0.05) is 11.8 Å². The third-order valence-corrected chi connectivity index (χ3v) is 7.02. The molecule has 40 heavy (non-hydrogen) atoms. The summed E-state index contributed by atoms with van der Waals surface area (Å²) in [5, 5.41) is 13.8. The number of rotatable bonds is 13. The van der Waals surface area contributed by atoms with Gasteiger partial charge in [0, 0.05) is 18.5 Å². The van der Waals surface area contributed by atoms with Gasteiger partial charge in [0.05, 0.1) is 53.1 Å². The normalized spacial score (nSPS) is 16.6. The molecule has 1 saturated heterocycles. The van der Waals surface area contributed by atoms with E-state index in [1.165, 1.54) is 43.3 Å². The maximum Gasteiger partial charge on any atom is 0.295 e. The molecule has 1 atom stereocenters. The molecule has 1 N–H and O–H groups in total. The third kappa shape index (κ3) is 6.33. The Morgan fingerprint density at radius 3 is 2.12 bits per heavy atom. The molecule has 0 aliphatic carbocycles. The molecule has 0 spiro atoms. The summed E-state index contributed by atoms with van der Waals surface area (Å²) in [6.07, 6.45) is 0.351. The molecule has 9 nitrogen and oxygen atoms in total. The first-order valence-corrected chi connectivity index (χ1v) is 13.5. The average molecular weight is 559 g/mol. The van der Waals surface area contributed by atoms with Crippen LogP contribution < -0.4 is 29.0 Å². The van der Waals surface area contributed by atoms with Crippen molar-refractivity contribution >= 4 is 17.4 Å². The highest BCUT2D eigenvalue weighted by Crippen LogP contribution is 2.45. The van der Waals surface area contributed by atoms with Gasteiger partial charge in [0.2, 0.25) is 11.5 Å². The van der Waals surface area contributed by atoms with Crippen LogP contribution in [0.2, 0.25) is 0 Å². The van der Waals surface area contributed by atoms with Crippen molar-refractivity contribution in [3.8, 4) is 23.0 Å². The van der Waals surface area contributed by atoms with Gasteiger partial charge in [-0.05, 0) is 63.1 Å². The van der Waals surface area contributed by atoms with Crippen molar-refractivity contribution < 1.29 is 42.9 Å². The summed E-state index contributed by atoms with van der Waals surface area (Å²) >= 11 is 0. The topological polar surface area (TPSA) is 102 Å². The molecular formula is C30H39FN2O7. The number of carbonyl (C=O) groups is 2. The number of halogens is 1. The van der Waals surface area contributed by atoms with E-state index in [1.807, 2.05) is 0 Å². The van der Waals surface area contributed by atoms with Gasteiger partial charge in [-0.25, -0.2) is 4.39 Å². The van der Waals surface area contributed by atoms with Crippen molar-refractivity contribution in [3.63, 3.8) is 0 Å². The predicted octanol–water partition coefficient (Wildman–Crippen LogP) is 2.18. The van der Waals surface area contributed by atoms with Crippen molar-refractivity contribution in [2.75, 3.05) is 47.5 Å². The highest BCUT2D eigenvalue weighted by Gasteiger charge is 2.44. The molecule has 1 unspecified atom stereocenters. The van der Waals surface area contributed by atoms with Gasteiger partial charge in [-0.2, -0.15) is 0 Å². The fraction of sp³-hybridized carbons (Fsp3) is 0.467. The number of hydrogen-bond acceptors (Lipinski definition) is 7. The number of hydrogen-bond donors (Lipinski definition) is 1. The van der Waals surface area contributed by atoms with E-state index in [-0.39, 0.29) is 29.5 Å². The molecule has 0 aromatic heterocycles. The summed E-state index contributed by atoms with van der Waals surface area (Å²) in [4.78, 5) is 29.5. The minimum Gasteiger partial charge on any atom is -0.872 e. The quantitative estimate of drug-likeness (QED) is 0.229. The van der Waals surface area contributed by atoms with Gasteiger partial charge in [0.25, 0.3) is 5.91 Å². The van der Waals surface area contributed by atoms with E-state index in [9.17, 15) is 19.1 Å². The number of amides is 1. The van der Waals surface area contributed by atoms with E-state index in [1.54, 1.807) is 26.0 Å². The van der Waals surface area contributed by atoms with Crippen LogP contribution in [0.25, 0.3) is 5.76 Å². The zero-order valence-electron chi connectivity index (χ0n) is 24.3. The Hall–Kier alpha value is -3.79. The van der Waals surface area contributed by atoms with Gasteiger partial charge in [-0.3, -0.25) is 9.59 Å². The highest BCUT2D eigenvalue weighted by atomic mass is 19.1. The number of Topliss-reactive ketones (excluding diaryl/α,β-unsaturated/α-hetero) is 1. The lowest BCUT2D eigenvalue weighted by Crippen LogP contribution is -3.11. The Labute approximate surface area is 235 Å². The molecule has 1 fully saturated rings. The minimum atomic E-state index is -1.03. The molecule has 0 saturated carbocycles. The van der Waals surface area contributed by atoms with E-state index >= 15 is 0 Å². The highest BCUT2D eigenvalue weighted by molar-refractivity contribution is 6.46. The van der Waals surface area contributed by atoms with E-state index < -0.39 is 29.3 Å². The number of ether oxygens (including phenoxy) is 4. The van der Waals surface area contributed by atoms with Crippen molar-refractivity contribution in [1.29, 1.82) is 0 Å².